The fraction of sp³-hybridized carbons (Fsp3) is 0.375. The van der Waals surface area contributed by atoms with Crippen LogP contribution in [-0.2, 0) is 9.59 Å². The molecule has 0 radical (unpaired) electrons. The van der Waals surface area contributed by atoms with E-state index in [1.165, 1.54) is 6.92 Å². The van der Waals surface area contributed by atoms with Gasteiger partial charge in [-0.05, 0) is 12.1 Å². The van der Waals surface area contributed by atoms with Gasteiger partial charge in [-0.3, -0.25) is 9.59 Å². The fourth-order valence-electron chi connectivity index (χ4n) is 2.67. The summed E-state index contributed by atoms with van der Waals surface area (Å²) in [7, 11) is 0. The number of halogens is 2. The number of nitrogens with one attached hydrogen (secondary N) is 1. The van der Waals surface area contributed by atoms with Crippen molar-refractivity contribution in [1.82, 2.24) is 20.4 Å². The Morgan fingerprint density at radius 3 is 2.72 bits per heavy atom. The fourth-order valence-corrected chi connectivity index (χ4v) is 2.67. The van der Waals surface area contributed by atoms with E-state index in [0.29, 0.717) is 5.56 Å². The molecule has 3 rings (SSSR count). The zero-order valence-electron chi connectivity index (χ0n) is 13.4. The topological polar surface area (TPSA) is 88.3 Å². The molecule has 132 valence electrons. The van der Waals surface area contributed by atoms with Crippen LogP contribution in [0.4, 0.5) is 8.78 Å². The van der Waals surface area contributed by atoms with Crippen LogP contribution in [-0.4, -0.2) is 45.9 Å². The van der Waals surface area contributed by atoms with Crippen molar-refractivity contribution >= 4 is 11.8 Å². The van der Waals surface area contributed by atoms with E-state index in [1.54, 1.807) is 24.3 Å². The molecule has 25 heavy (non-hydrogen) atoms. The van der Waals surface area contributed by atoms with Crippen LogP contribution >= 0.6 is 0 Å². The van der Waals surface area contributed by atoms with Crippen LogP contribution in [0.3, 0.4) is 0 Å². The van der Waals surface area contributed by atoms with Gasteiger partial charge in [0, 0.05) is 18.9 Å². The molecule has 0 aliphatic carbocycles. The van der Waals surface area contributed by atoms with Gasteiger partial charge in [0.05, 0.1) is 13.1 Å². The highest BCUT2D eigenvalue weighted by Gasteiger charge is 2.49. The number of hydrogen-bond donors (Lipinski definition) is 1. The number of likely N-dealkylation sites (tertiary alicyclic amines) is 1. The summed E-state index contributed by atoms with van der Waals surface area (Å²) in [5.41, 5.74) is 0.655. The largest absolute Gasteiger partial charge is 0.418 e. The Morgan fingerprint density at radius 2 is 2.04 bits per heavy atom. The Hall–Kier alpha value is -2.84. The summed E-state index contributed by atoms with van der Waals surface area (Å²) in [4.78, 5) is 24.1. The summed E-state index contributed by atoms with van der Waals surface area (Å²) >= 11 is 0. The van der Waals surface area contributed by atoms with Crippen molar-refractivity contribution in [1.29, 1.82) is 0 Å². The minimum Gasteiger partial charge on any atom is -0.418 e. The molecule has 7 nitrogen and oxygen atoms in total. The molecule has 0 saturated carbocycles. The molecule has 1 aromatic heterocycles. The molecule has 1 fully saturated rings. The number of rotatable bonds is 4. The standard InChI is InChI=1S/C16H16F2N4O3/c1-10(23)19-8-13(24)22-9-16(17,18)7-12(22)15-21-20-14(25-15)11-5-3-2-4-6-11/h2-6,12H,7-9H2,1H3,(H,19,23)/t12-/m0/s1. The van der Waals surface area contributed by atoms with Gasteiger partial charge < -0.3 is 14.6 Å². The molecule has 0 spiro atoms. The van der Waals surface area contributed by atoms with Crippen LogP contribution in [0, 0.1) is 0 Å². The van der Waals surface area contributed by atoms with E-state index in [1.807, 2.05) is 6.07 Å². The zero-order chi connectivity index (χ0) is 18.0. The zero-order valence-corrected chi connectivity index (χ0v) is 13.4. The molecule has 1 atom stereocenters. The maximum Gasteiger partial charge on any atom is 0.267 e. The van der Waals surface area contributed by atoms with Gasteiger partial charge >= 0.3 is 0 Å². The van der Waals surface area contributed by atoms with E-state index in [-0.39, 0.29) is 18.3 Å². The highest BCUT2D eigenvalue weighted by molar-refractivity contribution is 5.84. The van der Waals surface area contributed by atoms with E-state index in [9.17, 15) is 18.4 Å². The molecular weight excluding hydrogens is 334 g/mol. The smallest absolute Gasteiger partial charge is 0.267 e. The van der Waals surface area contributed by atoms with Crippen LogP contribution in [0.2, 0.25) is 0 Å². The third kappa shape index (κ3) is 3.81. The number of amides is 2. The van der Waals surface area contributed by atoms with E-state index in [2.05, 4.69) is 15.5 Å². The SMILES string of the molecule is CC(=O)NCC(=O)N1CC(F)(F)C[C@H]1c1nnc(-c2ccccc2)o1. The number of hydrogen-bond acceptors (Lipinski definition) is 5. The summed E-state index contributed by atoms with van der Waals surface area (Å²) in [5, 5.41) is 10.0. The lowest BCUT2D eigenvalue weighted by Gasteiger charge is -2.21. The van der Waals surface area contributed by atoms with Crippen molar-refractivity contribution in [3.05, 3.63) is 36.2 Å². The molecular formula is C16H16F2N4O3. The Labute approximate surface area is 142 Å². The Kier molecular flexibility index (Phi) is 4.47. The average molecular weight is 350 g/mol. The summed E-state index contributed by atoms with van der Waals surface area (Å²) in [6, 6.07) is 7.86. The molecule has 0 bridgehead atoms. The summed E-state index contributed by atoms with van der Waals surface area (Å²) in [6.45, 7) is 0.133. The average Bonchev–Trinajstić information content (AvgIpc) is 3.17. The van der Waals surface area contributed by atoms with Gasteiger partial charge in [-0.2, -0.15) is 0 Å². The van der Waals surface area contributed by atoms with Gasteiger partial charge in [0.2, 0.25) is 23.6 Å². The van der Waals surface area contributed by atoms with Gasteiger partial charge in [-0.1, -0.05) is 18.2 Å². The van der Waals surface area contributed by atoms with Crippen molar-refractivity contribution in [2.24, 2.45) is 0 Å². The van der Waals surface area contributed by atoms with Gasteiger partial charge in [0.15, 0.2) is 0 Å². The lowest BCUT2D eigenvalue weighted by atomic mass is 10.2. The Balaban J connectivity index is 1.82. The minimum absolute atomic E-state index is 0.0489. The molecule has 0 unspecified atom stereocenters. The summed E-state index contributed by atoms with van der Waals surface area (Å²) < 4.78 is 33.2. The predicted molar refractivity (Wildman–Crippen MR) is 82.4 cm³/mol. The van der Waals surface area contributed by atoms with E-state index < -0.39 is 36.7 Å². The Morgan fingerprint density at radius 1 is 1.32 bits per heavy atom. The van der Waals surface area contributed by atoms with Gasteiger partial charge in [-0.15, -0.1) is 10.2 Å². The number of alkyl halides is 2. The van der Waals surface area contributed by atoms with Crippen molar-refractivity contribution in [3.8, 4) is 11.5 Å². The van der Waals surface area contributed by atoms with Gasteiger partial charge in [-0.25, -0.2) is 8.78 Å². The summed E-state index contributed by atoms with van der Waals surface area (Å²) in [5.74, 6) is -3.96. The third-order valence-corrected chi connectivity index (χ3v) is 3.83. The van der Waals surface area contributed by atoms with Crippen LogP contribution in [0.5, 0.6) is 0 Å². The lowest BCUT2D eigenvalue weighted by molar-refractivity contribution is -0.134. The normalized spacial score (nSPS) is 19.0. The maximum absolute atomic E-state index is 13.8. The quantitative estimate of drug-likeness (QED) is 0.908. The van der Waals surface area contributed by atoms with Gasteiger partial charge in [0.1, 0.15) is 6.04 Å². The van der Waals surface area contributed by atoms with E-state index >= 15 is 0 Å². The van der Waals surface area contributed by atoms with Crippen molar-refractivity contribution in [2.45, 2.75) is 25.3 Å². The number of carbonyl (C=O) groups excluding carboxylic acids is 2. The second kappa shape index (κ2) is 6.58. The predicted octanol–water partition coefficient (Wildman–Crippen LogP) is 1.78. The van der Waals surface area contributed by atoms with E-state index in [4.69, 9.17) is 4.42 Å². The molecule has 1 aliphatic rings. The first-order chi connectivity index (χ1) is 11.9. The molecule has 1 aliphatic heterocycles. The first-order valence-corrected chi connectivity index (χ1v) is 7.66. The first-order valence-electron chi connectivity index (χ1n) is 7.66. The molecule has 1 N–H and O–H groups in total. The van der Waals surface area contributed by atoms with E-state index in [0.717, 1.165) is 4.90 Å². The van der Waals surface area contributed by atoms with Crippen LogP contribution in [0.25, 0.3) is 11.5 Å². The highest BCUT2D eigenvalue weighted by Crippen LogP contribution is 2.41. The first kappa shape index (κ1) is 17.0. The monoisotopic (exact) mass is 350 g/mol. The van der Waals surface area contributed by atoms with Crippen LogP contribution in [0.1, 0.15) is 25.3 Å². The number of carbonyl (C=O) groups is 2. The minimum atomic E-state index is -3.06. The lowest BCUT2D eigenvalue weighted by Crippen LogP contribution is -2.40. The maximum atomic E-state index is 13.8. The Bertz CT molecular complexity index is 779. The molecule has 2 aromatic rings. The van der Waals surface area contributed by atoms with Crippen molar-refractivity contribution in [3.63, 3.8) is 0 Å². The molecule has 2 heterocycles. The molecule has 1 aromatic carbocycles. The highest BCUT2D eigenvalue weighted by atomic mass is 19.3. The van der Waals surface area contributed by atoms with Crippen LogP contribution < -0.4 is 5.32 Å². The van der Waals surface area contributed by atoms with Gasteiger partial charge in [0.25, 0.3) is 5.92 Å². The number of nitrogens with zero attached hydrogens (tertiary/aromatic N) is 3. The molecule has 1 saturated heterocycles. The molecule has 2 amide bonds. The number of benzene rings is 1. The number of aromatic nitrogens is 2. The second-order valence-electron chi connectivity index (χ2n) is 5.82. The molecule has 9 heteroatoms. The van der Waals surface area contributed by atoms with Crippen LogP contribution in [0.15, 0.2) is 34.7 Å². The third-order valence-electron chi connectivity index (χ3n) is 3.83. The summed E-state index contributed by atoms with van der Waals surface area (Å²) in [6.07, 6.45) is -0.602. The van der Waals surface area contributed by atoms with Crippen molar-refractivity contribution in [2.75, 3.05) is 13.1 Å². The second-order valence-corrected chi connectivity index (χ2v) is 5.82. The van der Waals surface area contributed by atoms with Crippen molar-refractivity contribution < 1.29 is 22.8 Å².